The summed E-state index contributed by atoms with van der Waals surface area (Å²) in [4.78, 5) is 26.2. The molecule has 3 rings (SSSR count). The Morgan fingerprint density at radius 2 is 1.85 bits per heavy atom. The van der Waals surface area contributed by atoms with Gasteiger partial charge in [-0.15, -0.1) is 0 Å². The summed E-state index contributed by atoms with van der Waals surface area (Å²) in [5, 5.41) is 2.92. The van der Waals surface area contributed by atoms with Crippen molar-refractivity contribution in [3.05, 3.63) is 59.7 Å². The molecule has 142 valence electrons. The third kappa shape index (κ3) is 4.46. The van der Waals surface area contributed by atoms with E-state index in [0.717, 1.165) is 11.1 Å². The lowest BCUT2D eigenvalue weighted by atomic mass is 10.1. The van der Waals surface area contributed by atoms with Crippen molar-refractivity contribution in [1.82, 2.24) is 5.32 Å². The van der Waals surface area contributed by atoms with E-state index in [9.17, 15) is 9.59 Å². The molecule has 0 bridgehead atoms. The molecule has 0 radical (unpaired) electrons. The number of hydrogen-bond acceptors (Lipinski definition) is 4. The van der Waals surface area contributed by atoms with E-state index in [4.69, 9.17) is 9.47 Å². The Bertz CT molecular complexity index is 821. The molecule has 2 amide bonds. The standard InChI is InChI=1S/C21H24N2O4/c1-3-26-14-17-9-5-4-8-16(17)12-22-21(25)20-13-23(15(2)24)18-10-6-7-11-19(18)27-20/h4-11,20H,3,12-14H2,1-2H3,(H,22,25)/t20-/m1/s1. The number of ether oxygens (including phenoxy) is 2. The minimum absolute atomic E-state index is 0.120. The Kier molecular flexibility index (Phi) is 6.08. The van der Waals surface area contributed by atoms with E-state index in [1.165, 1.54) is 6.92 Å². The van der Waals surface area contributed by atoms with E-state index >= 15 is 0 Å². The maximum Gasteiger partial charge on any atom is 0.263 e. The summed E-state index contributed by atoms with van der Waals surface area (Å²) in [5.74, 6) is 0.170. The lowest BCUT2D eigenvalue weighted by Crippen LogP contribution is -2.50. The van der Waals surface area contributed by atoms with Gasteiger partial charge in [-0.2, -0.15) is 0 Å². The van der Waals surface area contributed by atoms with Crippen molar-refractivity contribution < 1.29 is 19.1 Å². The van der Waals surface area contributed by atoms with Crippen molar-refractivity contribution in [2.45, 2.75) is 33.1 Å². The molecule has 0 unspecified atom stereocenters. The number of carbonyl (C=O) groups is 2. The topological polar surface area (TPSA) is 67.9 Å². The minimum Gasteiger partial charge on any atom is -0.477 e. The average Bonchev–Trinajstić information content (AvgIpc) is 2.70. The van der Waals surface area contributed by atoms with Gasteiger partial charge >= 0.3 is 0 Å². The number of hydrogen-bond donors (Lipinski definition) is 1. The van der Waals surface area contributed by atoms with E-state index in [1.54, 1.807) is 11.0 Å². The smallest absolute Gasteiger partial charge is 0.263 e. The van der Waals surface area contributed by atoms with Crippen molar-refractivity contribution >= 4 is 17.5 Å². The van der Waals surface area contributed by atoms with Gasteiger partial charge in [-0.05, 0) is 30.2 Å². The number of amides is 2. The van der Waals surface area contributed by atoms with E-state index in [1.807, 2.05) is 49.4 Å². The predicted molar refractivity (Wildman–Crippen MR) is 103 cm³/mol. The summed E-state index contributed by atoms with van der Waals surface area (Å²) in [7, 11) is 0. The average molecular weight is 368 g/mol. The monoisotopic (exact) mass is 368 g/mol. The molecule has 1 N–H and O–H groups in total. The van der Waals surface area contributed by atoms with Gasteiger partial charge in [0.1, 0.15) is 5.75 Å². The Hall–Kier alpha value is -2.86. The lowest BCUT2D eigenvalue weighted by Gasteiger charge is -2.33. The summed E-state index contributed by atoms with van der Waals surface area (Å²) < 4.78 is 11.3. The molecule has 0 spiro atoms. The highest BCUT2D eigenvalue weighted by Crippen LogP contribution is 2.33. The summed E-state index contributed by atoms with van der Waals surface area (Å²) in [6.07, 6.45) is -0.747. The normalized spacial score (nSPS) is 15.6. The van der Waals surface area contributed by atoms with Gasteiger partial charge < -0.3 is 19.7 Å². The molecule has 27 heavy (non-hydrogen) atoms. The van der Waals surface area contributed by atoms with Crippen molar-refractivity contribution in [3.63, 3.8) is 0 Å². The molecular formula is C21H24N2O4. The number of fused-ring (bicyclic) bond motifs is 1. The van der Waals surface area contributed by atoms with Crippen LogP contribution in [0.3, 0.4) is 0 Å². The van der Waals surface area contributed by atoms with Gasteiger partial charge in [-0.3, -0.25) is 9.59 Å². The van der Waals surface area contributed by atoms with Crippen LogP contribution in [-0.2, 0) is 27.5 Å². The first-order chi connectivity index (χ1) is 13.1. The Balaban J connectivity index is 1.68. The second-order valence-electron chi connectivity index (χ2n) is 6.33. The number of rotatable bonds is 6. The summed E-state index contributed by atoms with van der Waals surface area (Å²) in [6, 6.07) is 15.1. The molecule has 0 aliphatic carbocycles. The van der Waals surface area contributed by atoms with E-state index < -0.39 is 6.10 Å². The molecule has 0 saturated heterocycles. The number of anilines is 1. The lowest BCUT2D eigenvalue weighted by molar-refractivity contribution is -0.128. The second-order valence-corrected chi connectivity index (χ2v) is 6.33. The van der Waals surface area contributed by atoms with E-state index in [-0.39, 0.29) is 18.4 Å². The highest BCUT2D eigenvalue weighted by molar-refractivity contribution is 5.95. The number of nitrogens with zero attached hydrogens (tertiary/aromatic N) is 1. The number of carbonyl (C=O) groups excluding carboxylic acids is 2. The molecule has 0 saturated carbocycles. The molecule has 1 heterocycles. The van der Waals surface area contributed by atoms with E-state index in [0.29, 0.717) is 31.2 Å². The number of para-hydroxylation sites is 2. The largest absolute Gasteiger partial charge is 0.477 e. The second kappa shape index (κ2) is 8.68. The van der Waals surface area contributed by atoms with Crippen LogP contribution >= 0.6 is 0 Å². The maximum atomic E-state index is 12.7. The van der Waals surface area contributed by atoms with Crippen LogP contribution in [0.5, 0.6) is 5.75 Å². The Morgan fingerprint density at radius 3 is 2.59 bits per heavy atom. The van der Waals surface area contributed by atoms with Crippen LogP contribution in [0.25, 0.3) is 0 Å². The van der Waals surface area contributed by atoms with Crippen LogP contribution in [0, 0.1) is 0 Å². The zero-order chi connectivity index (χ0) is 19.2. The van der Waals surface area contributed by atoms with Crippen molar-refractivity contribution in [3.8, 4) is 5.75 Å². The van der Waals surface area contributed by atoms with Gasteiger partial charge in [0.2, 0.25) is 5.91 Å². The molecule has 1 aliphatic heterocycles. The molecule has 0 aromatic heterocycles. The van der Waals surface area contributed by atoms with Crippen LogP contribution in [0.2, 0.25) is 0 Å². The first-order valence-corrected chi connectivity index (χ1v) is 9.06. The van der Waals surface area contributed by atoms with Crippen molar-refractivity contribution in [2.24, 2.45) is 0 Å². The fraction of sp³-hybridized carbons (Fsp3) is 0.333. The van der Waals surface area contributed by atoms with Crippen LogP contribution < -0.4 is 15.0 Å². The Labute approximate surface area is 159 Å². The Morgan fingerprint density at radius 1 is 1.15 bits per heavy atom. The summed E-state index contributed by atoms with van der Waals surface area (Å²) >= 11 is 0. The number of nitrogens with one attached hydrogen (secondary N) is 1. The van der Waals surface area contributed by atoms with Crippen LogP contribution in [-0.4, -0.2) is 31.1 Å². The zero-order valence-electron chi connectivity index (χ0n) is 15.6. The van der Waals surface area contributed by atoms with E-state index in [2.05, 4.69) is 5.32 Å². The quantitative estimate of drug-likeness (QED) is 0.851. The van der Waals surface area contributed by atoms with Crippen LogP contribution in [0.1, 0.15) is 25.0 Å². The highest BCUT2D eigenvalue weighted by atomic mass is 16.5. The van der Waals surface area contributed by atoms with Crippen molar-refractivity contribution in [1.29, 1.82) is 0 Å². The SMILES string of the molecule is CCOCc1ccccc1CNC(=O)[C@H]1CN(C(C)=O)c2ccccc2O1. The maximum absolute atomic E-state index is 12.7. The third-order valence-corrected chi connectivity index (χ3v) is 4.48. The molecule has 6 nitrogen and oxygen atoms in total. The van der Waals surface area contributed by atoms with Gasteiger partial charge in [0, 0.05) is 20.1 Å². The first-order valence-electron chi connectivity index (χ1n) is 9.06. The molecular weight excluding hydrogens is 344 g/mol. The van der Waals surface area contributed by atoms with Gasteiger partial charge in [0.25, 0.3) is 5.91 Å². The van der Waals surface area contributed by atoms with Crippen molar-refractivity contribution in [2.75, 3.05) is 18.1 Å². The van der Waals surface area contributed by atoms with Gasteiger partial charge in [0.15, 0.2) is 6.10 Å². The minimum atomic E-state index is -0.747. The molecule has 2 aromatic carbocycles. The molecule has 2 aromatic rings. The van der Waals surface area contributed by atoms with Gasteiger partial charge in [-0.1, -0.05) is 36.4 Å². The van der Waals surface area contributed by atoms with Gasteiger partial charge in [0.05, 0.1) is 18.8 Å². The predicted octanol–water partition coefficient (Wildman–Crippen LogP) is 2.65. The molecule has 0 fully saturated rings. The summed E-state index contributed by atoms with van der Waals surface area (Å²) in [5.41, 5.74) is 2.73. The fourth-order valence-electron chi connectivity index (χ4n) is 3.05. The van der Waals surface area contributed by atoms with Gasteiger partial charge in [-0.25, -0.2) is 0 Å². The third-order valence-electron chi connectivity index (χ3n) is 4.48. The van der Waals surface area contributed by atoms with Crippen LogP contribution in [0.15, 0.2) is 48.5 Å². The summed E-state index contributed by atoms with van der Waals surface area (Å²) in [6.45, 7) is 5.15. The first kappa shape index (κ1) is 18.9. The number of benzene rings is 2. The zero-order valence-corrected chi connectivity index (χ0v) is 15.6. The molecule has 1 aliphatic rings. The van der Waals surface area contributed by atoms with Crippen LogP contribution in [0.4, 0.5) is 5.69 Å². The molecule has 6 heteroatoms. The molecule has 1 atom stereocenters. The highest BCUT2D eigenvalue weighted by Gasteiger charge is 2.32. The fourth-order valence-corrected chi connectivity index (χ4v) is 3.05.